The molecule has 5 heteroatoms. The normalized spacial score (nSPS) is 18.3. The number of benzene rings is 2. The van der Waals surface area contributed by atoms with Crippen LogP contribution in [0, 0.1) is 0 Å². The standard InChI is InChI=1S/C20H22N2O3/c1-25-20(24)17-9-5-6-15(12-17)14-22-11-10-21-19(23)13-18(22)16-7-3-2-4-8-16/h2-9,12,18H,10-11,13-14H2,1H3,(H,21,23)/t18-/m1/s1. The zero-order valence-corrected chi connectivity index (χ0v) is 14.3. The van der Waals surface area contributed by atoms with Gasteiger partial charge in [0.05, 0.1) is 12.7 Å². The largest absolute Gasteiger partial charge is 0.465 e. The van der Waals surface area contributed by atoms with Crippen LogP contribution in [0.4, 0.5) is 0 Å². The Labute approximate surface area is 147 Å². The summed E-state index contributed by atoms with van der Waals surface area (Å²) >= 11 is 0. The summed E-state index contributed by atoms with van der Waals surface area (Å²) in [5.41, 5.74) is 2.70. The van der Waals surface area contributed by atoms with Gasteiger partial charge in [-0.25, -0.2) is 4.79 Å². The van der Waals surface area contributed by atoms with Crippen molar-refractivity contribution in [1.29, 1.82) is 0 Å². The van der Waals surface area contributed by atoms with E-state index in [1.165, 1.54) is 7.11 Å². The molecule has 2 aromatic rings. The van der Waals surface area contributed by atoms with Gasteiger partial charge in [0.15, 0.2) is 0 Å². The number of methoxy groups -OCH3 is 1. The van der Waals surface area contributed by atoms with Gasteiger partial charge in [0.2, 0.25) is 5.91 Å². The molecule has 1 heterocycles. The first-order valence-corrected chi connectivity index (χ1v) is 8.40. The molecule has 1 saturated heterocycles. The van der Waals surface area contributed by atoms with Gasteiger partial charge < -0.3 is 10.1 Å². The van der Waals surface area contributed by atoms with Crippen LogP contribution in [0.15, 0.2) is 54.6 Å². The molecule has 1 atom stereocenters. The van der Waals surface area contributed by atoms with Gasteiger partial charge in [-0.05, 0) is 23.3 Å². The van der Waals surface area contributed by atoms with Crippen LogP contribution in [0.1, 0.15) is 33.9 Å². The molecule has 1 aliphatic rings. The van der Waals surface area contributed by atoms with Gasteiger partial charge in [-0.15, -0.1) is 0 Å². The van der Waals surface area contributed by atoms with Gasteiger partial charge in [-0.1, -0.05) is 42.5 Å². The highest BCUT2D eigenvalue weighted by molar-refractivity contribution is 5.89. The fraction of sp³-hybridized carbons (Fsp3) is 0.300. The summed E-state index contributed by atoms with van der Waals surface area (Å²) in [5, 5.41) is 2.94. The monoisotopic (exact) mass is 338 g/mol. The minimum Gasteiger partial charge on any atom is -0.465 e. The second kappa shape index (κ2) is 7.94. The molecule has 1 aliphatic heterocycles. The molecular formula is C20H22N2O3. The molecule has 0 bridgehead atoms. The third-order valence-corrected chi connectivity index (χ3v) is 4.46. The van der Waals surface area contributed by atoms with E-state index < -0.39 is 0 Å². The number of nitrogens with one attached hydrogen (secondary N) is 1. The summed E-state index contributed by atoms with van der Waals surface area (Å²) < 4.78 is 4.80. The van der Waals surface area contributed by atoms with Gasteiger partial charge in [-0.2, -0.15) is 0 Å². The molecule has 1 N–H and O–H groups in total. The van der Waals surface area contributed by atoms with Gasteiger partial charge in [0.1, 0.15) is 0 Å². The van der Waals surface area contributed by atoms with Crippen LogP contribution in [0.5, 0.6) is 0 Å². The van der Waals surface area contributed by atoms with Gasteiger partial charge in [-0.3, -0.25) is 9.69 Å². The van der Waals surface area contributed by atoms with Crippen LogP contribution in [0.25, 0.3) is 0 Å². The molecule has 3 rings (SSSR count). The number of nitrogens with zero attached hydrogens (tertiary/aromatic N) is 1. The van der Waals surface area contributed by atoms with Crippen LogP contribution < -0.4 is 5.32 Å². The number of rotatable bonds is 4. The lowest BCUT2D eigenvalue weighted by atomic mass is 10.0. The highest BCUT2D eigenvalue weighted by atomic mass is 16.5. The lowest BCUT2D eigenvalue weighted by molar-refractivity contribution is -0.121. The van der Waals surface area contributed by atoms with E-state index in [0.717, 1.165) is 17.7 Å². The second-order valence-electron chi connectivity index (χ2n) is 6.14. The molecule has 0 unspecified atom stereocenters. The highest BCUT2D eigenvalue weighted by Gasteiger charge is 2.26. The molecule has 1 fully saturated rings. The predicted molar refractivity (Wildman–Crippen MR) is 95.0 cm³/mol. The Morgan fingerprint density at radius 2 is 2.00 bits per heavy atom. The fourth-order valence-corrected chi connectivity index (χ4v) is 3.21. The van der Waals surface area contributed by atoms with Gasteiger partial charge in [0, 0.05) is 32.1 Å². The molecule has 2 aromatic carbocycles. The van der Waals surface area contributed by atoms with E-state index in [1.807, 2.05) is 36.4 Å². The van der Waals surface area contributed by atoms with Crippen LogP contribution in [-0.4, -0.2) is 37.0 Å². The third kappa shape index (κ3) is 4.25. The minimum atomic E-state index is -0.339. The Morgan fingerprint density at radius 3 is 2.76 bits per heavy atom. The smallest absolute Gasteiger partial charge is 0.337 e. The molecule has 0 spiro atoms. The summed E-state index contributed by atoms with van der Waals surface area (Å²) in [7, 11) is 1.38. The number of ether oxygens (including phenoxy) is 1. The number of esters is 1. The molecule has 0 aromatic heterocycles. The van der Waals surface area contributed by atoms with Crippen molar-refractivity contribution in [2.45, 2.75) is 19.0 Å². The van der Waals surface area contributed by atoms with Crippen LogP contribution in [0.2, 0.25) is 0 Å². The number of carbonyl (C=O) groups is 2. The summed E-state index contributed by atoms with van der Waals surface area (Å²) in [6.07, 6.45) is 0.431. The Hall–Kier alpha value is -2.66. The first-order valence-electron chi connectivity index (χ1n) is 8.40. The molecular weight excluding hydrogens is 316 g/mol. The van der Waals surface area contributed by atoms with Crippen molar-refractivity contribution in [1.82, 2.24) is 10.2 Å². The van der Waals surface area contributed by atoms with Gasteiger partial charge in [0.25, 0.3) is 0 Å². The molecule has 1 amide bonds. The van der Waals surface area contributed by atoms with Crippen molar-refractivity contribution in [3.63, 3.8) is 0 Å². The summed E-state index contributed by atoms with van der Waals surface area (Å²) in [6, 6.07) is 17.6. The molecule has 0 saturated carbocycles. The zero-order valence-electron chi connectivity index (χ0n) is 14.3. The first kappa shape index (κ1) is 17.2. The SMILES string of the molecule is COC(=O)c1cccc(CN2CCNC(=O)C[C@@H]2c2ccccc2)c1. The Balaban J connectivity index is 1.85. The van der Waals surface area contributed by atoms with E-state index >= 15 is 0 Å². The van der Waals surface area contributed by atoms with Crippen LogP contribution in [0.3, 0.4) is 0 Å². The van der Waals surface area contributed by atoms with Crippen molar-refractivity contribution >= 4 is 11.9 Å². The van der Waals surface area contributed by atoms with E-state index in [4.69, 9.17) is 4.74 Å². The number of carbonyl (C=O) groups excluding carboxylic acids is 2. The van der Waals surface area contributed by atoms with E-state index in [9.17, 15) is 9.59 Å². The maximum Gasteiger partial charge on any atom is 0.337 e. The Kier molecular flexibility index (Phi) is 5.46. The van der Waals surface area contributed by atoms with Crippen LogP contribution in [-0.2, 0) is 16.1 Å². The molecule has 130 valence electrons. The number of hydrogen-bond donors (Lipinski definition) is 1. The number of amides is 1. The summed E-state index contributed by atoms with van der Waals surface area (Å²) in [6.45, 7) is 2.05. The average Bonchev–Trinajstić information content (AvgIpc) is 2.83. The number of hydrogen-bond acceptors (Lipinski definition) is 4. The van der Waals surface area contributed by atoms with Crippen molar-refractivity contribution in [3.8, 4) is 0 Å². The lowest BCUT2D eigenvalue weighted by Crippen LogP contribution is -2.30. The van der Waals surface area contributed by atoms with E-state index in [-0.39, 0.29) is 17.9 Å². The lowest BCUT2D eigenvalue weighted by Gasteiger charge is -2.29. The Bertz CT molecular complexity index is 746. The maximum atomic E-state index is 12.0. The van der Waals surface area contributed by atoms with Gasteiger partial charge >= 0.3 is 5.97 Å². The molecule has 0 radical (unpaired) electrons. The van der Waals surface area contributed by atoms with Crippen molar-refractivity contribution in [2.24, 2.45) is 0 Å². The van der Waals surface area contributed by atoms with Crippen LogP contribution >= 0.6 is 0 Å². The summed E-state index contributed by atoms with van der Waals surface area (Å²) in [5.74, 6) is -0.270. The Morgan fingerprint density at radius 1 is 1.20 bits per heavy atom. The zero-order chi connectivity index (χ0) is 17.6. The van der Waals surface area contributed by atoms with Crippen molar-refractivity contribution in [3.05, 3.63) is 71.3 Å². The second-order valence-corrected chi connectivity index (χ2v) is 6.14. The van der Waals surface area contributed by atoms with Crippen molar-refractivity contribution in [2.75, 3.05) is 20.2 Å². The first-order chi connectivity index (χ1) is 12.2. The van der Waals surface area contributed by atoms with Crippen molar-refractivity contribution < 1.29 is 14.3 Å². The molecule has 5 nitrogen and oxygen atoms in total. The van der Waals surface area contributed by atoms with E-state index in [1.54, 1.807) is 6.07 Å². The fourth-order valence-electron chi connectivity index (χ4n) is 3.21. The third-order valence-electron chi connectivity index (χ3n) is 4.46. The predicted octanol–water partition coefficient (Wildman–Crippen LogP) is 2.54. The van der Waals surface area contributed by atoms with E-state index in [0.29, 0.717) is 25.1 Å². The topological polar surface area (TPSA) is 58.6 Å². The quantitative estimate of drug-likeness (QED) is 0.871. The summed E-state index contributed by atoms with van der Waals surface area (Å²) in [4.78, 5) is 26.1. The highest BCUT2D eigenvalue weighted by Crippen LogP contribution is 2.27. The average molecular weight is 338 g/mol. The maximum absolute atomic E-state index is 12.0. The molecule has 25 heavy (non-hydrogen) atoms. The molecule has 0 aliphatic carbocycles. The minimum absolute atomic E-state index is 0.0190. The van der Waals surface area contributed by atoms with E-state index in [2.05, 4.69) is 22.3 Å².